The van der Waals surface area contributed by atoms with Crippen LogP contribution in [-0.2, 0) is 9.53 Å². The molecule has 156 valence electrons. The zero-order chi connectivity index (χ0) is 21.3. The molecule has 0 aliphatic carbocycles. The molecule has 0 spiro atoms. The maximum atomic E-state index is 14.0. The molecule has 7 nitrogen and oxygen atoms in total. The van der Waals surface area contributed by atoms with Crippen molar-refractivity contribution in [2.45, 2.75) is 6.92 Å². The van der Waals surface area contributed by atoms with Gasteiger partial charge in [0.25, 0.3) is 5.91 Å². The number of hydrogen-bond donors (Lipinski definition) is 2. The lowest BCUT2D eigenvalue weighted by Gasteiger charge is -2.10. The lowest BCUT2D eigenvalue weighted by Crippen LogP contribution is -2.20. The number of rotatable bonds is 9. The van der Waals surface area contributed by atoms with Crippen molar-refractivity contribution in [3.8, 4) is 5.75 Å². The number of nitrogens with one attached hydrogen (secondary N) is 2. The van der Waals surface area contributed by atoms with Gasteiger partial charge in [-0.2, -0.15) is 0 Å². The van der Waals surface area contributed by atoms with Crippen LogP contribution in [0.15, 0.2) is 65.3 Å². The van der Waals surface area contributed by atoms with Gasteiger partial charge in [-0.05, 0) is 43.3 Å². The van der Waals surface area contributed by atoms with Crippen LogP contribution in [0.5, 0.6) is 5.75 Å². The van der Waals surface area contributed by atoms with Crippen LogP contribution in [-0.4, -0.2) is 31.6 Å². The summed E-state index contributed by atoms with van der Waals surface area (Å²) in [6, 6.07) is 14.6. The Bertz CT molecular complexity index is 1000. The number of amides is 2. The van der Waals surface area contributed by atoms with Crippen LogP contribution in [0.1, 0.15) is 16.1 Å². The van der Waals surface area contributed by atoms with E-state index in [2.05, 4.69) is 10.6 Å². The number of carbonyl (C=O) groups is 2. The quantitative estimate of drug-likeness (QED) is 0.518. The second kappa shape index (κ2) is 10.2. The number of para-hydroxylation sites is 1. The number of halogens is 1. The maximum Gasteiger partial charge on any atom is 0.259 e. The zero-order valence-electron chi connectivity index (χ0n) is 16.3. The van der Waals surface area contributed by atoms with Gasteiger partial charge in [0.05, 0.1) is 24.1 Å². The molecular formula is C22H21FN2O5. The third-order valence-electron chi connectivity index (χ3n) is 4.07. The van der Waals surface area contributed by atoms with Crippen LogP contribution in [0.25, 0.3) is 0 Å². The first-order valence-corrected chi connectivity index (χ1v) is 9.23. The number of anilines is 2. The van der Waals surface area contributed by atoms with Gasteiger partial charge in [-0.3, -0.25) is 9.59 Å². The van der Waals surface area contributed by atoms with Gasteiger partial charge in [-0.25, -0.2) is 4.39 Å². The van der Waals surface area contributed by atoms with Crippen molar-refractivity contribution in [2.75, 3.05) is 30.5 Å². The van der Waals surface area contributed by atoms with E-state index in [0.29, 0.717) is 23.6 Å². The monoisotopic (exact) mass is 412 g/mol. The molecule has 0 saturated carbocycles. The predicted octanol–water partition coefficient (Wildman–Crippen LogP) is 4.01. The Hall–Kier alpha value is -3.65. The van der Waals surface area contributed by atoms with Crippen LogP contribution in [0.2, 0.25) is 0 Å². The summed E-state index contributed by atoms with van der Waals surface area (Å²) in [5.74, 6) is -0.408. The summed E-state index contributed by atoms with van der Waals surface area (Å²) in [4.78, 5) is 24.3. The van der Waals surface area contributed by atoms with Gasteiger partial charge in [-0.1, -0.05) is 18.2 Å². The van der Waals surface area contributed by atoms with Gasteiger partial charge in [0.15, 0.2) is 0 Å². The first-order chi connectivity index (χ1) is 14.5. The fourth-order valence-corrected chi connectivity index (χ4v) is 2.61. The van der Waals surface area contributed by atoms with E-state index in [4.69, 9.17) is 13.9 Å². The fraction of sp³-hybridized carbons (Fsp3) is 0.182. The van der Waals surface area contributed by atoms with Crippen LogP contribution >= 0.6 is 0 Å². The second-order valence-electron chi connectivity index (χ2n) is 6.30. The zero-order valence-corrected chi connectivity index (χ0v) is 16.3. The van der Waals surface area contributed by atoms with Crippen LogP contribution < -0.4 is 15.4 Å². The van der Waals surface area contributed by atoms with Crippen molar-refractivity contribution in [1.82, 2.24) is 0 Å². The molecule has 2 amide bonds. The second-order valence-corrected chi connectivity index (χ2v) is 6.30. The molecule has 0 fully saturated rings. The number of carbonyl (C=O) groups excluding carboxylic acids is 2. The Morgan fingerprint density at radius 3 is 2.57 bits per heavy atom. The third kappa shape index (κ3) is 5.92. The van der Waals surface area contributed by atoms with Crippen molar-refractivity contribution >= 4 is 23.2 Å². The highest BCUT2D eigenvalue weighted by Crippen LogP contribution is 2.21. The molecule has 3 aromatic rings. The van der Waals surface area contributed by atoms with Gasteiger partial charge in [0, 0.05) is 5.69 Å². The highest BCUT2D eigenvalue weighted by molar-refractivity contribution is 6.05. The highest BCUT2D eigenvalue weighted by Gasteiger charge is 2.14. The number of aryl methyl sites for hydroxylation is 1. The number of furan rings is 1. The normalized spacial score (nSPS) is 10.5. The van der Waals surface area contributed by atoms with Crippen molar-refractivity contribution in [1.29, 1.82) is 0 Å². The van der Waals surface area contributed by atoms with Crippen molar-refractivity contribution < 1.29 is 27.9 Å². The minimum Gasteiger partial charge on any atom is -0.491 e. The smallest absolute Gasteiger partial charge is 0.259 e. The molecule has 0 aliphatic rings. The topological polar surface area (TPSA) is 89.8 Å². The summed E-state index contributed by atoms with van der Waals surface area (Å²) >= 11 is 0. The molecule has 2 N–H and O–H groups in total. The molecular weight excluding hydrogens is 391 g/mol. The Labute approximate surface area is 172 Å². The summed E-state index contributed by atoms with van der Waals surface area (Å²) in [5.41, 5.74) is 0.565. The van der Waals surface area contributed by atoms with Gasteiger partial charge < -0.3 is 24.5 Å². The molecule has 0 aliphatic heterocycles. The number of ether oxygens (including phenoxy) is 2. The van der Waals surface area contributed by atoms with E-state index in [1.807, 2.05) is 30.3 Å². The summed E-state index contributed by atoms with van der Waals surface area (Å²) in [6.45, 7) is 1.98. The summed E-state index contributed by atoms with van der Waals surface area (Å²) < 4.78 is 29.9. The molecule has 1 aromatic heterocycles. The highest BCUT2D eigenvalue weighted by atomic mass is 19.1. The molecule has 8 heteroatoms. The van der Waals surface area contributed by atoms with Crippen LogP contribution in [0.3, 0.4) is 0 Å². The van der Waals surface area contributed by atoms with Crippen molar-refractivity contribution in [3.05, 3.63) is 78.0 Å². The van der Waals surface area contributed by atoms with E-state index in [1.165, 1.54) is 24.5 Å². The molecule has 2 aromatic carbocycles. The largest absolute Gasteiger partial charge is 0.491 e. The lowest BCUT2D eigenvalue weighted by molar-refractivity contribution is -0.120. The van der Waals surface area contributed by atoms with E-state index >= 15 is 0 Å². The van der Waals surface area contributed by atoms with Gasteiger partial charge >= 0.3 is 0 Å². The van der Waals surface area contributed by atoms with Crippen LogP contribution in [0, 0.1) is 12.7 Å². The molecule has 30 heavy (non-hydrogen) atoms. The fourth-order valence-electron chi connectivity index (χ4n) is 2.61. The molecule has 0 bridgehead atoms. The molecule has 0 saturated heterocycles. The first kappa shape index (κ1) is 21.1. The predicted molar refractivity (Wildman–Crippen MR) is 109 cm³/mol. The van der Waals surface area contributed by atoms with Crippen molar-refractivity contribution in [2.24, 2.45) is 0 Å². The van der Waals surface area contributed by atoms with E-state index in [1.54, 1.807) is 6.92 Å². The Kier molecular flexibility index (Phi) is 7.18. The Morgan fingerprint density at radius 2 is 1.83 bits per heavy atom. The Balaban J connectivity index is 1.46. The first-order valence-electron chi connectivity index (χ1n) is 9.23. The van der Waals surface area contributed by atoms with E-state index < -0.39 is 17.6 Å². The third-order valence-corrected chi connectivity index (χ3v) is 4.07. The average Bonchev–Trinajstić information content (AvgIpc) is 3.17. The summed E-state index contributed by atoms with van der Waals surface area (Å²) in [7, 11) is 0. The molecule has 0 radical (unpaired) electrons. The van der Waals surface area contributed by atoms with Crippen molar-refractivity contribution in [3.63, 3.8) is 0 Å². The van der Waals surface area contributed by atoms with E-state index in [0.717, 1.165) is 11.8 Å². The van der Waals surface area contributed by atoms with E-state index in [-0.39, 0.29) is 18.9 Å². The van der Waals surface area contributed by atoms with Gasteiger partial charge in [0.2, 0.25) is 5.91 Å². The number of benzene rings is 2. The molecule has 0 unspecified atom stereocenters. The minimum absolute atomic E-state index is 0.0596. The summed E-state index contributed by atoms with van der Waals surface area (Å²) in [6.07, 6.45) is 1.38. The summed E-state index contributed by atoms with van der Waals surface area (Å²) in [5, 5.41) is 5.07. The maximum absolute atomic E-state index is 14.0. The van der Waals surface area contributed by atoms with Gasteiger partial charge in [-0.15, -0.1) is 0 Å². The molecule has 3 rings (SSSR count). The van der Waals surface area contributed by atoms with Crippen LogP contribution in [0.4, 0.5) is 15.8 Å². The standard InChI is InChI=1S/C22H21FN2O5/c1-15-18(9-10-29-15)22(27)25-20-13-16(7-8-19(20)23)24-21(26)14-28-11-12-30-17-5-3-2-4-6-17/h2-10,13H,11-12,14H2,1H3,(H,24,26)(H,25,27). The molecule has 1 heterocycles. The minimum atomic E-state index is -0.628. The average molecular weight is 412 g/mol. The van der Waals surface area contributed by atoms with E-state index in [9.17, 15) is 14.0 Å². The SMILES string of the molecule is Cc1occc1C(=O)Nc1cc(NC(=O)COCCOc2ccccc2)ccc1F. The number of hydrogen-bond acceptors (Lipinski definition) is 5. The molecule has 0 atom stereocenters. The Morgan fingerprint density at radius 1 is 1.03 bits per heavy atom. The van der Waals surface area contributed by atoms with Gasteiger partial charge in [0.1, 0.15) is 30.5 Å². The lowest BCUT2D eigenvalue weighted by atomic mass is 10.2.